The number of aryl methyl sites for hydroxylation is 1. The van der Waals surface area contributed by atoms with E-state index in [0.717, 1.165) is 36.7 Å². The van der Waals surface area contributed by atoms with Crippen molar-refractivity contribution >= 4 is 11.7 Å². The molecule has 0 spiro atoms. The summed E-state index contributed by atoms with van der Waals surface area (Å²) < 4.78 is 1.93. The van der Waals surface area contributed by atoms with Gasteiger partial charge in [-0.25, -0.2) is 4.79 Å². The molecule has 1 aromatic heterocycles. The van der Waals surface area contributed by atoms with E-state index in [1.165, 1.54) is 0 Å². The standard InChI is InChI=1S/C15H29N5O/c1-7-19(8-2)10-9-16-15(21)17-14-12(5)18-20(11(3)4)13(14)6/h11H,7-10H2,1-6H3,(H2,16,17,21). The first-order valence-electron chi connectivity index (χ1n) is 7.73. The van der Waals surface area contributed by atoms with Gasteiger partial charge < -0.3 is 15.5 Å². The maximum Gasteiger partial charge on any atom is 0.319 e. The monoisotopic (exact) mass is 295 g/mol. The highest BCUT2D eigenvalue weighted by Gasteiger charge is 2.15. The quantitative estimate of drug-likeness (QED) is 0.812. The zero-order valence-electron chi connectivity index (χ0n) is 14.2. The van der Waals surface area contributed by atoms with Crippen LogP contribution in [-0.4, -0.2) is 46.9 Å². The number of anilines is 1. The molecule has 0 aliphatic heterocycles. The SMILES string of the molecule is CCN(CC)CCNC(=O)Nc1c(C)nn(C(C)C)c1C. The Balaban J connectivity index is 2.56. The predicted molar refractivity (Wildman–Crippen MR) is 86.9 cm³/mol. The van der Waals surface area contributed by atoms with Gasteiger partial charge in [0.2, 0.25) is 0 Å². The lowest BCUT2D eigenvalue weighted by Gasteiger charge is -2.18. The van der Waals surface area contributed by atoms with Gasteiger partial charge in [-0.1, -0.05) is 13.8 Å². The third-order valence-corrected chi connectivity index (χ3v) is 3.66. The van der Waals surface area contributed by atoms with Crippen molar-refractivity contribution in [3.05, 3.63) is 11.4 Å². The Bertz CT molecular complexity index is 463. The average Bonchev–Trinajstić information content (AvgIpc) is 2.72. The van der Waals surface area contributed by atoms with Crippen LogP contribution in [0.3, 0.4) is 0 Å². The lowest BCUT2D eigenvalue weighted by Crippen LogP contribution is -2.37. The van der Waals surface area contributed by atoms with Crippen molar-refractivity contribution in [2.24, 2.45) is 0 Å². The van der Waals surface area contributed by atoms with Gasteiger partial charge in [-0.05, 0) is 40.8 Å². The van der Waals surface area contributed by atoms with Gasteiger partial charge in [0.1, 0.15) is 0 Å². The van der Waals surface area contributed by atoms with Crippen molar-refractivity contribution < 1.29 is 4.79 Å². The Morgan fingerprint density at radius 1 is 1.29 bits per heavy atom. The molecule has 0 aliphatic rings. The van der Waals surface area contributed by atoms with E-state index in [9.17, 15) is 4.79 Å². The van der Waals surface area contributed by atoms with Gasteiger partial charge in [-0.2, -0.15) is 5.10 Å². The second kappa shape index (κ2) is 8.02. The van der Waals surface area contributed by atoms with Crippen molar-refractivity contribution in [2.75, 3.05) is 31.5 Å². The molecule has 6 heteroatoms. The molecule has 21 heavy (non-hydrogen) atoms. The highest BCUT2D eigenvalue weighted by Crippen LogP contribution is 2.22. The number of rotatable bonds is 7. The molecule has 1 heterocycles. The first-order valence-corrected chi connectivity index (χ1v) is 7.73. The third kappa shape index (κ3) is 4.74. The highest BCUT2D eigenvalue weighted by molar-refractivity contribution is 5.90. The van der Waals surface area contributed by atoms with E-state index in [0.29, 0.717) is 6.54 Å². The molecule has 120 valence electrons. The van der Waals surface area contributed by atoms with Gasteiger partial charge in [0.25, 0.3) is 0 Å². The van der Waals surface area contributed by atoms with Gasteiger partial charge in [-0.3, -0.25) is 4.68 Å². The minimum absolute atomic E-state index is 0.170. The molecule has 1 rings (SSSR count). The summed E-state index contributed by atoms with van der Waals surface area (Å²) in [5.74, 6) is 0. The van der Waals surface area contributed by atoms with E-state index in [2.05, 4.69) is 48.3 Å². The molecule has 0 saturated carbocycles. The molecular formula is C15H29N5O. The smallest absolute Gasteiger partial charge is 0.319 e. The number of nitrogens with zero attached hydrogens (tertiary/aromatic N) is 3. The second-order valence-corrected chi connectivity index (χ2v) is 5.49. The van der Waals surface area contributed by atoms with E-state index in [-0.39, 0.29) is 12.1 Å². The van der Waals surface area contributed by atoms with Crippen LogP contribution in [0.1, 0.15) is 45.1 Å². The lowest BCUT2D eigenvalue weighted by molar-refractivity contribution is 0.247. The summed E-state index contributed by atoms with van der Waals surface area (Å²) in [7, 11) is 0. The number of nitrogens with one attached hydrogen (secondary N) is 2. The van der Waals surface area contributed by atoms with Crippen LogP contribution in [-0.2, 0) is 0 Å². The average molecular weight is 295 g/mol. The summed E-state index contributed by atoms with van der Waals surface area (Å²) in [6, 6.07) is 0.113. The van der Waals surface area contributed by atoms with Crippen LogP contribution in [0, 0.1) is 13.8 Å². The summed E-state index contributed by atoms with van der Waals surface area (Å²) in [6.45, 7) is 15.8. The zero-order chi connectivity index (χ0) is 16.0. The number of carbonyl (C=O) groups is 1. The van der Waals surface area contributed by atoms with Crippen LogP contribution in [0.25, 0.3) is 0 Å². The fraction of sp³-hybridized carbons (Fsp3) is 0.733. The molecule has 1 aromatic rings. The maximum atomic E-state index is 12.0. The summed E-state index contributed by atoms with van der Waals surface area (Å²) >= 11 is 0. The molecule has 6 nitrogen and oxygen atoms in total. The van der Waals surface area contributed by atoms with E-state index in [4.69, 9.17) is 0 Å². The van der Waals surface area contributed by atoms with Crippen molar-refractivity contribution in [1.29, 1.82) is 0 Å². The molecule has 0 atom stereocenters. The number of carbonyl (C=O) groups excluding carboxylic acids is 1. The van der Waals surface area contributed by atoms with E-state index < -0.39 is 0 Å². The molecular weight excluding hydrogens is 266 g/mol. The topological polar surface area (TPSA) is 62.2 Å². The summed E-state index contributed by atoms with van der Waals surface area (Å²) in [5.41, 5.74) is 2.64. The lowest BCUT2D eigenvalue weighted by atomic mass is 10.3. The van der Waals surface area contributed by atoms with Crippen molar-refractivity contribution in [3.63, 3.8) is 0 Å². The summed E-state index contributed by atoms with van der Waals surface area (Å²) in [5, 5.41) is 10.3. The largest absolute Gasteiger partial charge is 0.337 e. The zero-order valence-corrected chi connectivity index (χ0v) is 14.2. The molecule has 0 radical (unpaired) electrons. The number of likely N-dealkylation sites (N-methyl/N-ethyl adjacent to an activating group) is 1. The van der Waals surface area contributed by atoms with Crippen LogP contribution >= 0.6 is 0 Å². The highest BCUT2D eigenvalue weighted by atomic mass is 16.2. The van der Waals surface area contributed by atoms with E-state index >= 15 is 0 Å². The van der Waals surface area contributed by atoms with Crippen LogP contribution < -0.4 is 10.6 Å². The van der Waals surface area contributed by atoms with Gasteiger partial charge >= 0.3 is 6.03 Å². The number of amides is 2. The normalized spacial score (nSPS) is 11.2. The van der Waals surface area contributed by atoms with Gasteiger partial charge in [0, 0.05) is 19.1 Å². The molecule has 0 aromatic carbocycles. The molecule has 0 fully saturated rings. The van der Waals surface area contributed by atoms with Gasteiger partial charge in [0.05, 0.1) is 17.1 Å². The Morgan fingerprint density at radius 3 is 2.38 bits per heavy atom. The van der Waals surface area contributed by atoms with Crippen molar-refractivity contribution in [1.82, 2.24) is 20.0 Å². The van der Waals surface area contributed by atoms with Crippen LogP contribution in [0.15, 0.2) is 0 Å². The van der Waals surface area contributed by atoms with Crippen LogP contribution in [0.4, 0.5) is 10.5 Å². The van der Waals surface area contributed by atoms with Crippen molar-refractivity contribution in [2.45, 2.75) is 47.6 Å². The molecule has 2 N–H and O–H groups in total. The molecule has 2 amide bonds. The Labute approximate surface area is 127 Å². The first-order chi connectivity index (χ1) is 9.90. The number of hydrogen-bond acceptors (Lipinski definition) is 3. The first kappa shape index (κ1) is 17.5. The minimum atomic E-state index is -0.170. The van der Waals surface area contributed by atoms with Gasteiger partial charge in [0.15, 0.2) is 0 Å². The van der Waals surface area contributed by atoms with Gasteiger partial charge in [-0.15, -0.1) is 0 Å². The van der Waals surface area contributed by atoms with E-state index in [1.807, 2.05) is 18.5 Å². The Kier molecular flexibility index (Phi) is 6.68. The summed E-state index contributed by atoms with van der Waals surface area (Å²) in [4.78, 5) is 14.2. The molecule has 0 aliphatic carbocycles. The predicted octanol–water partition coefficient (Wildman–Crippen LogP) is 2.54. The number of aromatic nitrogens is 2. The third-order valence-electron chi connectivity index (χ3n) is 3.66. The Morgan fingerprint density at radius 2 is 1.90 bits per heavy atom. The van der Waals surface area contributed by atoms with E-state index in [1.54, 1.807) is 0 Å². The minimum Gasteiger partial charge on any atom is -0.337 e. The Hall–Kier alpha value is -1.56. The van der Waals surface area contributed by atoms with Crippen molar-refractivity contribution in [3.8, 4) is 0 Å². The maximum absolute atomic E-state index is 12.0. The second-order valence-electron chi connectivity index (χ2n) is 5.49. The molecule has 0 saturated heterocycles. The molecule has 0 bridgehead atoms. The van der Waals surface area contributed by atoms with Crippen LogP contribution in [0.2, 0.25) is 0 Å². The number of hydrogen-bond donors (Lipinski definition) is 2. The number of urea groups is 1. The summed E-state index contributed by atoms with van der Waals surface area (Å²) in [6.07, 6.45) is 0. The van der Waals surface area contributed by atoms with Crippen LogP contribution in [0.5, 0.6) is 0 Å². The fourth-order valence-corrected chi connectivity index (χ4v) is 2.37. The molecule has 0 unspecified atom stereocenters. The fourth-order valence-electron chi connectivity index (χ4n) is 2.37.